The van der Waals surface area contributed by atoms with Crippen LogP contribution in [0.15, 0.2) is 53.3 Å². The van der Waals surface area contributed by atoms with Gasteiger partial charge >= 0.3 is 0 Å². The molecule has 1 saturated heterocycles. The summed E-state index contributed by atoms with van der Waals surface area (Å²) < 4.78 is 7.76. The maximum absolute atomic E-state index is 13.2. The van der Waals surface area contributed by atoms with E-state index in [9.17, 15) is 4.79 Å². The number of aromatic nitrogens is 5. The zero-order chi connectivity index (χ0) is 25.8. The molecule has 0 saturated carbocycles. The average molecular weight is 501 g/mol. The van der Waals surface area contributed by atoms with Crippen molar-refractivity contribution < 1.29 is 4.74 Å². The molecule has 2 atom stereocenters. The van der Waals surface area contributed by atoms with Crippen LogP contribution < -0.4 is 5.56 Å². The van der Waals surface area contributed by atoms with Gasteiger partial charge in [0.05, 0.1) is 18.7 Å². The van der Waals surface area contributed by atoms with Crippen LogP contribution in [-0.2, 0) is 24.2 Å². The standard InChI is InChI=1S/C29H36N6O2/c1-4-27(28-31-32-33-35(28)19-24-11-8-14-37-24)34(13-12-22-9-6-5-7-10-22)18-23-17-25-21(3)15-20(2)16-26(25)30-29(23)36/h5-7,9-10,15-17,24,27H,4,8,11-14,18-19H2,1-3H3,(H,30,36)/t24-,27+/m0/s1. The first-order valence-corrected chi connectivity index (χ1v) is 13.3. The van der Waals surface area contributed by atoms with Crippen molar-refractivity contribution in [2.75, 3.05) is 13.2 Å². The van der Waals surface area contributed by atoms with Gasteiger partial charge in [-0.1, -0.05) is 43.3 Å². The summed E-state index contributed by atoms with van der Waals surface area (Å²) >= 11 is 0. The summed E-state index contributed by atoms with van der Waals surface area (Å²) in [6.07, 6.45) is 3.94. The lowest BCUT2D eigenvalue weighted by Gasteiger charge is -2.30. The highest BCUT2D eigenvalue weighted by atomic mass is 16.5. The van der Waals surface area contributed by atoms with Crippen LogP contribution in [-0.4, -0.2) is 49.3 Å². The summed E-state index contributed by atoms with van der Waals surface area (Å²) in [6.45, 7) is 9.04. The zero-order valence-electron chi connectivity index (χ0n) is 22.0. The number of benzene rings is 2. The predicted octanol–water partition coefficient (Wildman–Crippen LogP) is 4.51. The van der Waals surface area contributed by atoms with Gasteiger partial charge in [0.25, 0.3) is 5.56 Å². The van der Waals surface area contributed by atoms with Crippen molar-refractivity contribution in [2.45, 2.75) is 71.7 Å². The Labute approximate surface area is 217 Å². The number of aromatic amines is 1. The molecule has 0 spiro atoms. The Morgan fingerprint density at radius 1 is 1.19 bits per heavy atom. The number of nitrogens with zero attached hydrogens (tertiary/aromatic N) is 5. The second-order valence-electron chi connectivity index (χ2n) is 10.2. The average Bonchev–Trinajstić information content (AvgIpc) is 3.57. The number of H-pyrrole nitrogens is 1. The van der Waals surface area contributed by atoms with E-state index in [4.69, 9.17) is 4.74 Å². The smallest absolute Gasteiger partial charge is 0.252 e. The van der Waals surface area contributed by atoms with Gasteiger partial charge in [0, 0.05) is 36.2 Å². The fourth-order valence-electron chi connectivity index (χ4n) is 5.48. The molecule has 0 aliphatic carbocycles. The highest BCUT2D eigenvalue weighted by molar-refractivity contribution is 5.83. The fourth-order valence-corrected chi connectivity index (χ4v) is 5.48. The van der Waals surface area contributed by atoms with Gasteiger partial charge in [0.2, 0.25) is 0 Å². The van der Waals surface area contributed by atoms with Crippen molar-refractivity contribution in [1.82, 2.24) is 30.1 Å². The molecule has 0 amide bonds. The van der Waals surface area contributed by atoms with Gasteiger partial charge in [-0.25, -0.2) is 4.68 Å². The third-order valence-corrected chi connectivity index (χ3v) is 7.38. The molecular weight excluding hydrogens is 464 g/mol. The van der Waals surface area contributed by atoms with E-state index in [1.165, 1.54) is 5.56 Å². The number of hydrogen-bond acceptors (Lipinski definition) is 6. The third kappa shape index (κ3) is 5.81. The molecule has 0 unspecified atom stereocenters. The number of pyridine rings is 1. The van der Waals surface area contributed by atoms with Gasteiger partial charge in [-0.15, -0.1) is 5.10 Å². The fraction of sp³-hybridized carbons (Fsp3) is 0.448. The maximum atomic E-state index is 13.2. The third-order valence-electron chi connectivity index (χ3n) is 7.38. The molecule has 0 radical (unpaired) electrons. The lowest BCUT2D eigenvalue weighted by Crippen LogP contribution is -2.34. The minimum Gasteiger partial charge on any atom is -0.376 e. The molecule has 1 aliphatic heterocycles. The minimum absolute atomic E-state index is 0.0330. The van der Waals surface area contributed by atoms with Crippen LogP contribution in [0.3, 0.4) is 0 Å². The molecule has 2 aromatic heterocycles. The molecular formula is C29H36N6O2. The van der Waals surface area contributed by atoms with Crippen molar-refractivity contribution in [3.8, 4) is 0 Å². The molecule has 8 nitrogen and oxygen atoms in total. The Morgan fingerprint density at radius 2 is 2.03 bits per heavy atom. The van der Waals surface area contributed by atoms with Gasteiger partial charge in [0.1, 0.15) is 0 Å². The van der Waals surface area contributed by atoms with E-state index >= 15 is 0 Å². The predicted molar refractivity (Wildman–Crippen MR) is 144 cm³/mol. The first-order chi connectivity index (χ1) is 18.0. The van der Waals surface area contributed by atoms with Gasteiger partial charge in [-0.3, -0.25) is 9.69 Å². The SMILES string of the molecule is CC[C@H](c1nnnn1C[C@@H]1CCCO1)N(CCc1ccccc1)Cc1cc2c(C)cc(C)cc2[nH]c1=O. The molecule has 1 fully saturated rings. The van der Waals surface area contributed by atoms with E-state index in [-0.39, 0.29) is 17.7 Å². The van der Waals surface area contributed by atoms with Crippen molar-refractivity contribution in [3.63, 3.8) is 0 Å². The Morgan fingerprint density at radius 3 is 2.78 bits per heavy atom. The summed E-state index contributed by atoms with van der Waals surface area (Å²) in [5.41, 5.74) is 5.16. The molecule has 8 heteroatoms. The van der Waals surface area contributed by atoms with Crippen LogP contribution in [0.2, 0.25) is 0 Å². The quantitative estimate of drug-likeness (QED) is 0.345. The number of hydrogen-bond donors (Lipinski definition) is 1. The number of fused-ring (bicyclic) bond motifs is 1. The Hall–Kier alpha value is -3.36. The monoisotopic (exact) mass is 500 g/mol. The molecule has 0 bridgehead atoms. The lowest BCUT2D eigenvalue weighted by molar-refractivity contribution is 0.0893. The normalized spacial score (nSPS) is 16.6. The van der Waals surface area contributed by atoms with Crippen LogP contribution in [0.25, 0.3) is 10.9 Å². The maximum Gasteiger partial charge on any atom is 0.252 e. The van der Waals surface area contributed by atoms with Crippen LogP contribution in [0, 0.1) is 13.8 Å². The van der Waals surface area contributed by atoms with Gasteiger partial charge in [-0.05, 0) is 78.8 Å². The highest BCUT2D eigenvalue weighted by Gasteiger charge is 2.27. The molecule has 1 aliphatic rings. The molecule has 1 N–H and O–H groups in total. The first-order valence-electron chi connectivity index (χ1n) is 13.3. The van der Waals surface area contributed by atoms with Gasteiger partial charge in [0.15, 0.2) is 5.82 Å². The van der Waals surface area contributed by atoms with Gasteiger partial charge in [-0.2, -0.15) is 0 Å². The molecule has 3 heterocycles. The van der Waals surface area contributed by atoms with E-state index in [2.05, 4.69) is 82.6 Å². The van der Waals surface area contributed by atoms with Gasteiger partial charge < -0.3 is 9.72 Å². The Balaban J connectivity index is 1.47. The van der Waals surface area contributed by atoms with Crippen molar-refractivity contribution >= 4 is 10.9 Å². The van der Waals surface area contributed by atoms with E-state index in [0.29, 0.717) is 13.1 Å². The minimum atomic E-state index is -0.0454. The number of tetrazole rings is 1. The number of nitrogens with one attached hydrogen (secondary N) is 1. The summed E-state index contributed by atoms with van der Waals surface area (Å²) in [4.78, 5) is 18.7. The molecule has 194 valence electrons. The van der Waals surface area contributed by atoms with Crippen LogP contribution in [0.5, 0.6) is 0 Å². The topological polar surface area (TPSA) is 88.9 Å². The van der Waals surface area contributed by atoms with E-state index < -0.39 is 0 Å². The Bertz CT molecular complexity index is 1390. The van der Waals surface area contributed by atoms with Crippen molar-refractivity contribution in [2.24, 2.45) is 0 Å². The van der Waals surface area contributed by atoms with Crippen molar-refractivity contribution in [1.29, 1.82) is 0 Å². The largest absolute Gasteiger partial charge is 0.376 e. The molecule has 5 rings (SSSR count). The number of rotatable bonds is 10. The summed E-state index contributed by atoms with van der Waals surface area (Å²) in [5, 5.41) is 13.9. The number of ether oxygens (including phenoxy) is 1. The molecule has 37 heavy (non-hydrogen) atoms. The lowest BCUT2D eigenvalue weighted by atomic mass is 10.0. The van der Waals surface area contributed by atoms with Crippen LogP contribution in [0.4, 0.5) is 0 Å². The second-order valence-corrected chi connectivity index (χ2v) is 10.2. The summed E-state index contributed by atoms with van der Waals surface area (Å²) in [6, 6.07) is 16.7. The van der Waals surface area contributed by atoms with Crippen LogP contribution in [0.1, 0.15) is 60.3 Å². The summed E-state index contributed by atoms with van der Waals surface area (Å²) in [7, 11) is 0. The Kier molecular flexibility index (Phi) is 7.76. The highest BCUT2D eigenvalue weighted by Crippen LogP contribution is 2.26. The zero-order valence-corrected chi connectivity index (χ0v) is 22.0. The van der Waals surface area contributed by atoms with Crippen molar-refractivity contribution in [3.05, 3.63) is 87.0 Å². The summed E-state index contributed by atoms with van der Waals surface area (Å²) in [5.74, 6) is 0.829. The molecule has 4 aromatic rings. The second kappa shape index (κ2) is 11.4. The van der Waals surface area contributed by atoms with E-state index in [0.717, 1.165) is 72.3 Å². The first kappa shape index (κ1) is 25.3. The van der Waals surface area contributed by atoms with E-state index in [1.54, 1.807) is 0 Å². The van der Waals surface area contributed by atoms with Crippen LogP contribution >= 0.6 is 0 Å². The number of aryl methyl sites for hydroxylation is 2. The molecule has 2 aromatic carbocycles. The van der Waals surface area contributed by atoms with E-state index in [1.807, 2.05) is 16.8 Å².